The molecular formula is C23H17N3O2. The molecule has 0 radical (unpaired) electrons. The summed E-state index contributed by atoms with van der Waals surface area (Å²) in [6.45, 7) is 0. The molecule has 3 aromatic heterocycles. The lowest BCUT2D eigenvalue weighted by molar-refractivity contribution is 0.0601. The summed E-state index contributed by atoms with van der Waals surface area (Å²) in [4.78, 5) is 25.3. The van der Waals surface area contributed by atoms with Gasteiger partial charge in [-0.05, 0) is 59.7 Å². The maximum Gasteiger partial charge on any atom is 0.337 e. The molecule has 0 amide bonds. The number of carbonyl (C=O) groups is 1. The van der Waals surface area contributed by atoms with Gasteiger partial charge in [0.05, 0.1) is 35.4 Å². The first kappa shape index (κ1) is 17.5. The summed E-state index contributed by atoms with van der Waals surface area (Å²) in [6.07, 6.45) is 3.49. The SMILES string of the molecule is COC(=O)c1ccc(-c2cc(-c3ccccn3)nc(-c3ccccn3)c2)cc1. The zero-order valence-corrected chi connectivity index (χ0v) is 15.2. The molecule has 0 atom stereocenters. The summed E-state index contributed by atoms with van der Waals surface area (Å²) in [6, 6.07) is 22.7. The lowest BCUT2D eigenvalue weighted by atomic mass is 10.0. The fourth-order valence-corrected chi connectivity index (χ4v) is 2.90. The van der Waals surface area contributed by atoms with Gasteiger partial charge in [0, 0.05) is 12.4 Å². The summed E-state index contributed by atoms with van der Waals surface area (Å²) in [7, 11) is 1.37. The number of hydrogen-bond donors (Lipinski definition) is 0. The van der Waals surface area contributed by atoms with E-state index in [0.29, 0.717) is 5.56 Å². The van der Waals surface area contributed by atoms with Gasteiger partial charge in [0.2, 0.25) is 0 Å². The van der Waals surface area contributed by atoms with Crippen molar-refractivity contribution in [2.75, 3.05) is 7.11 Å². The molecule has 0 spiro atoms. The Morgan fingerprint density at radius 3 is 1.75 bits per heavy atom. The van der Waals surface area contributed by atoms with Crippen LogP contribution in [0.4, 0.5) is 0 Å². The maximum absolute atomic E-state index is 11.7. The van der Waals surface area contributed by atoms with E-state index in [0.717, 1.165) is 33.9 Å². The Morgan fingerprint density at radius 1 is 0.714 bits per heavy atom. The highest BCUT2D eigenvalue weighted by atomic mass is 16.5. The first-order chi connectivity index (χ1) is 13.7. The van der Waals surface area contributed by atoms with Crippen LogP contribution in [0.5, 0.6) is 0 Å². The van der Waals surface area contributed by atoms with Gasteiger partial charge in [0.1, 0.15) is 0 Å². The normalized spacial score (nSPS) is 10.5. The standard InChI is InChI=1S/C23H17N3O2/c1-28-23(27)17-10-8-16(9-11-17)18-14-21(19-6-2-4-12-24-19)26-22(15-18)20-7-3-5-13-25-20/h2-15H,1H3. The van der Waals surface area contributed by atoms with Crippen LogP contribution in [0.3, 0.4) is 0 Å². The van der Waals surface area contributed by atoms with Crippen LogP contribution in [0.25, 0.3) is 33.9 Å². The molecule has 0 bridgehead atoms. The Kier molecular flexibility index (Phi) is 4.89. The van der Waals surface area contributed by atoms with Crippen LogP contribution in [0.1, 0.15) is 10.4 Å². The van der Waals surface area contributed by atoms with Crippen LogP contribution < -0.4 is 0 Å². The molecular weight excluding hydrogens is 350 g/mol. The second kappa shape index (κ2) is 7.80. The minimum Gasteiger partial charge on any atom is -0.465 e. The molecule has 0 aliphatic rings. The Hall–Kier alpha value is -3.86. The quantitative estimate of drug-likeness (QED) is 0.491. The van der Waals surface area contributed by atoms with Gasteiger partial charge in [-0.15, -0.1) is 0 Å². The third kappa shape index (κ3) is 3.64. The second-order valence-corrected chi connectivity index (χ2v) is 6.13. The number of methoxy groups -OCH3 is 1. The summed E-state index contributed by atoms with van der Waals surface area (Å²) < 4.78 is 4.77. The zero-order valence-electron chi connectivity index (χ0n) is 15.2. The molecule has 0 saturated carbocycles. The van der Waals surface area contributed by atoms with Crippen molar-refractivity contribution in [2.45, 2.75) is 0 Å². The summed E-state index contributed by atoms with van der Waals surface area (Å²) in [5.41, 5.74) is 5.53. The van der Waals surface area contributed by atoms with Crippen molar-refractivity contribution in [2.24, 2.45) is 0 Å². The van der Waals surface area contributed by atoms with Gasteiger partial charge in [-0.25, -0.2) is 9.78 Å². The van der Waals surface area contributed by atoms with Crippen molar-refractivity contribution in [1.29, 1.82) is 0 Å². The number of aromatic nitrogens is 3. The van der Waals surface area contributed by atoms with Crippen LogP contribution >= 0.6 is 0 Å². The lowest BCUT2D eigenvalue weighted by Gasteiger charge is -2.10. The van der Waals surface area contributed by atoms with Crippen LogP contribution in [-0.4, -0.2) is 28.0 Å². The number of esters is 1. The van der Waals surface area contributed by atoms with Crippen molar-refractivity contribution < 1.29 is 9.53 Å². The van der Waals surface area contributed by atoms with Crippen molar-refractivity contribution in [3.8, 4) is 33.9 Å². The highest BCUT2D eigenvalue weighted by Crippen LogP contribution is 2.29. The van der Waals surface area contributed by atoms with E-state index >= 15 is 0 Å². The smallest absolute Gasteiger partial charge is 0.337 e. The lowest BCUT2D eigenvalue weighted by Crippen LogP contribution is -2.00. The van der Waals surface area contributed by atoms with Crippen LogP contribution in [0, 0.1) is 0 Å². The molecule has 0 N–H and O–H groups in total. The van der Waals surface area contributed by atoms with Gasteiger partial charge in [-0.3, -0.25) is 9.97 Å². The fraction of sp³-hybridized carbons (Fsp3) is 0.0435. The van der Waals surface area contributed by atoms with Crippen molar-refractivity contribution in [3.63, 3.8) is 0 Å². The number of carbonyl (C=O) groups excluding carboxylic acids is 1. The Morgan fingerprint density at radius 2 is 1.29 bits per heavy atom. The zero-order chi connectivity index (χ0) is 19.3. The molecule has 0 aliphatic heterocycles. The average molecular weight is 367 g/mol. The number of nitrogens with zero attached hydrogens (tertiary/aromatic N) is 3. The van der Waals surface area contributed by atoms with E-state index in [9.17, 15) is 4.79 Å². The number of hydrogen-bond acceptors (Lipinski definition) is 5. The minimum atomic E-state index is -0.357. The predicted molar refractivity (Wildman–Crippen MR) is 107 cm³/mol. The Balaban J connectivity index is 1.83. The van der Waals surface area contributed by atoms with Crippen molar-refractivity contribution in [1.82, 2.24) is 15.0 Å². The number of ether oxygens (including phenoxy) is 1. The van der Waals surface area contributed by atoms with E-state index in [1.807, 2.05) is 60.7 Å². The number of rotatable bonds is 4. The second-order valence-electron chi connectivity index (χ2n) is 6.13. The van der Waals surface area contributed by atoms with Gasteiger partial charge in [0.25, 0.3) is 0 Å². The van der Waals surface area contributed by atoms with Crippen LogP contribution in [0.2, 0.25) is 0 Å². The molecule has 5 nitrogen and oxygen atoms in total. The van der Waals surface area contributed by atoms with Crippen molar-refractivity contribution in [3.05, 3.63) is 90.8 Å². The fourth-order valence-electron chi connectivity index (χ4n) is 2.90. The number of benzene rings is 1. The molecule has 4 rings (SSSR count). The van der Waals surface area contributed by atoms with Gasteiger partial charge >= 0.3 is 5.97 Å². The van der Waals surface area contributed by atoms with E-state index in [4.69, 9.17) is 9.72 Å². The highest BCUT2D eigenvalue weighted by molar-refractivity contribution is 5.90. The van der Waals surface area contributed by atoms with E-state index in [1.165, 1.54) is 7.11 Å². The van der Waals surface area contributed by atoms with E-state index in [-0.39, 0.29) is 5.97 Å². The van der Waals surface area contributed by atoms with Crippen molar-refractivity contribution >= 4 is 5.97 Å². The largest absolute Gasteiger partial charge is 0.465 e. The first-order valence-electron chi connectivity index (χ1n) is 8.78. The summed E-state index contributed by atoms with van der Waals surface area (Å²) in [5.74, 6) is -0.357. The molecule has 0 fully saturated rings. The van der Waals surface area contributed by atoms with Gasteiger partial charge < -0.3 is 4.74 Å². The third-order valence-corrected chi connectivity index (χ3v) is 4.32. The Bertz CT molecular complexity index is 1040. The molecule has 1 aromatic carbocycles. The van der Waals surface area contributed by atoms with E-state index in [1.54, 1.807) is 24.5 Å². The molecule has 4 aromatic rings. The summed E-state index contributed by atoms with van der Waals surface area (Å²) in [5, 5.41) is 0. The van der Waals surface area contributed by atoms with Crippen LogP contribution in [-0.2, 0) is 4.74 Å². The van der Waals surface area contributed by atoms with E-state index < -0.39 is 0 Å². The van der Waals surface area contributed by atoms with Gasteiger partial charge in [0.15, 0.2) is 0 Å². The molecule has 0 aliphatic carbocycles. The minimum absolute atomic E-state index is 0.357. The highest BCUT2D eigenvalue weighted by Gasteiger charge is 2.11. The molecule has 0 saturated heterocycles. The summed E-state index contributed by atoms with van der Waals surface area (Å²) >= 11 is 0. The molecule has 3 heterocycles. The molecule has 0 unspecified atom stereocenters. The topological polar surface area (TPSA) is 65.0 Å². The average Bonchev–Trinajstić information content (AvgIpc) is 2.79. The molecule has 5 heteroatoms. The van der Waals surface area contributed by atoms with E-state index in [2.05, 4.69) is 9.97 Å². The van der Waals surface area contributed by atoms with Gasteiger partial charge in [-0.1, -0.05) is 24.3 Å². The monoisotopic (exact) mass is 367 g/mol. The Labute approximate surface area is 162 Å². The first-order valence-corrected chi connectivity index (χ1v) is 8.78. The maximum atomic E-state index is 11.7. The third-order valence-electron chi connectivity index (χ3n) is 4.32. The van der Waals surface area contributed by atoms with Gasteiger partial charge in [-0.2, -0.15) is 0 Å². The van der Waals surface area contributed by atoms with Crippen LogP contribution in [0.15, 0.2) is 85.2 Å². The number of pyridine rings is 3. The predicted octanol–water partition coefficient (Wildman–Crippen LogP) is 4.66. The molecule has 136 valence electrons. The molecule has 28 heavy (non-hydrogen) atoms.